The summed E-state index contributed by atoms with van der Waals surface area (Å²) in [6, 6.07) is 15.8. The van der Waals surface area contributed by atoms with Gasteiger partial charge in [0.15, 0.2) is 0 Å². The van der Waals surface area contributed by atoms with Gasteiger partial charge in [0.2, 0.25) is 0 Å². The van der Waals surface area contributed by atoms with Crippen molar-refractivity contribution in [1.82, 2.24) is 0 Å². The molecule has 3 aromatic rings. The van der Waals surface area contributed by atoms with Crippen molar-refractivity contribution in [2.75, 3.05) is 0 Å². The molecular weight excluding hydrogens is 260 g/mol. The van der Waals surface area contributed by atoms with Crippen LogP contribution < -0.4 is 0 Å². The molecule has 0 aliphatic heterocycles. The number of hydrogen-bond donors (Lipinski definition) is 0. The number of thiophene rings is 1. The molecule has 0 amide bonds. The largest absolute Gasteiger partial charge is 0.144 e. The Morgan fingerprint density at radius 3 is 2.25 bits per heavy atom. The quantitative estimate of drug-likeness (QED) is 0.499. The van der Waals surface area contributed by atoms with E-state index in [9.17, 15) is 0 Å². The molecule has 102 valence electrons. The van der Waals surface area contributed by atoms with E-state index in [0.29, 0.717) is 0 Å². The van der Waals surface area contributed by atoms with E-state index in [0.717, 1.165) is 0 Å². The van der Waals surface area contributed by atoms with Crippen LogP contribution in [0.2, 0.25) is 0 Å². The zero-order chi connectivity index (χ0) is 14.3. The number of hydrogen-bond acceptors (Lipinski definition) is 1. The Bertz CT molecular complexity index is 740. The third kappa shape index (κ3) is 2.38. The lowest BCUT2D eigenvalue weighted by atomic mass is 9.86. The van der Waals surface area contributed by atoms with Gasteiger partial charge >= 0.3 is 0 Å². The fourth-order valence-electron chi connectivity index (χ4n) is 2.58. The van der Waals surface area contributed by atoms with Crippen molar-refractivity contribution in [3.8, 4) is 11.1 Å². The normalized spacial score (nSPS) is 12.0. The summed E-state index contributed by atoms with van der Waals surface area (Å²) in [5, 5.41) is 3.51. The van der Waals surface area contributed by atoms with E-state index in [-0.39, 0.29) is 5.41 Å². The minimum atomic E-state index is 0.214. The minimum absolute atomic E-state index is 0.214. The predicted octanol–water partition coefficient (Wildman–Crippen LogP) is 6.17. The Morgan fingerprint density at radius 2 is 1.60 bits per heavy atom. The highest BCUT2D eigenvalue weighted by atomic mass is 32.1. The van der Waals surface area contributed by atoms with Gasteiger partial charge in [-0.3, -0.25) is 0 Å². The van der Waals surface area contributed by atoms with Gasteiger partial charge in [-0.25, -0.2) is 0 Å². The summed E-state index contributed by atoms with van der Waals surface area (Å²) in [5.74, 6) is 0. The molecule has 0 aliphatic rings. The van der Waals surface area contributed by atoms with E-state index in [1.54, 1.807) is 0 Å². The van der Waals surface area contributed by atoms with Crippen LogP contribution in [0.15, 0.2) is 47.8 Å². The maximum atomic E-state index is 2.32. The van der Waals surface area contributed by atoms with Gasteiger partial charge in [-0.15, -0.1) is 11.3 Å². The lowest BCUT2D eigenvalue weighted by molar-refractivity contribution is 0.590. The van der Waals surface area contributed by atoms with Crippen LogP contribution >= 0.6 is 11.3 Å². The second-order valence-electron chi connectivity index (χ2n) is 6.45. The van der Waals surface area contributed by atoms with Crippen molar-refractivity contribution in [3.05, 3.63) is 59.0 Å². The first-order valence-corrected chi connectivity index (χ1v) is 7.92. The second kappa shape index (κ2) is 4.75. The summed E-state index contributed by atoms with van der Waals surface area (Å²) < 4.78 is 1.37. The lowest BCUT2D eigenvalue weighted by Crippen LogP contribution is -2.10. The highest BCUT2D eigenvalue weighted by Gasteiger charge is 2.13. The highest BCUT2D eigenvalue weighted by Crippen LogP contribution is 2.32. The summed E-state index contributed by atoms with van der Waals surface area (Å²) in [6.45, 7) is 8.96. The van der Waals surface area contributed by atoms with Crippen LogP contribution in [0.5, 0.6) is 0 Å². The van der Waals surface area contributed by atoms with Crippen LogP contribution in [0, 0.1) is 6.92 Å². The van der Waals surface area contributed by atoms with Gasteiger partial charge in [0.25, 0.3) is 0 Å². The molecule has 0 atom stereocenters. The number of rotatable bonds is 1. The van der Waals surface area contributed by atoms with E-state index in [1.165, 1.54) is 32.3 Å². The fourth-order valence-corrected chi connectivity index (χ4v) is 3.39. The first-order valence-electron chi connectivity index (χ1n) is 7.04. The molecule has 0 bridgehead atoms. The van der Waals surface area contributed by atoms with Crippen molar-refractivity contribution in [3.63, 3.8) is 0 Å². The Balaban J connectivity index is 2.08. The standard InChI is InChI=1S/C19H20S/c1-13-11-15-9-10-20-18(15)12-17(13)14-5-7-16(8-6-14)19(2,3)4/h5-12H,1-4H3. The molecule has 3 rings (SSSR count). The number of benzene rings is 2. The Labute approximate surface area is 125 Å². The number of aryl methyl sites for hydroxylation is 1. The van der Waals surface area contributed by atoms with Gasteiger partial charge < -0.3 is 0 Å². The third-order valence-electron chi connectivity index (χ3n) is 3.86. The van der Waals surface area contributed by atoms with Crippen LogP contribution in [0.25, 0.3) is 21.2 Å². The first kappa shape index (κ1) is 13.4. The number of fused-ring (bicyclic) bond motifs is 1. The van der Waals surface area contributed by atoms with Crippen LogP contribution in [-0.2, 0) is 5.41 Å². The molecule has 20 heavy (non-hydrogen) atoms. The summed E-state index contributed by atoms with van der Waals surface area (Å²) in [6.07, 6.45) is 0. The molecule has 0 N–H and O–H groups in total. The maximum Gasteiger partial charge on any atom is 0.0349 e. The topological polar surface area (TPSA) is 0 Å². The second-order valence-corrected chi connectivity index (χ2v) is 7.40. The van der Waals surface area contributed by atoms with Gasteiger partial charge in [0, 0.05) is 4.70 Å². The molecule has 1 aromatic heterocycles. The van der Waals surface area contributed by atoms with Crippen molar-refractivity contribution >= 4 is 21.4 Å². The molecule has 0 nitrogen and oxygen atoms in total. The van der Waals surface area contributed by atoms with Crippen LogP contribution in [-0.4, -0.2) is 0 Å². The zero-order valence-electron chi connectivity index (χ0n) is 12.5. The van der Waals surface area contributed by atoms with Crippen molar-refractivity contribution in [2.45, 2.75) is 33.1 Å². The SMILES string of the molecule is Cc1cc2ccsc2cc1-c1ccc(C(C)(C)C)cc1. The summed E-state index contributed by atoms with van der Waals surface area (Å²) >= 11 is 1.81. The van der Waals surface area contributed by atoms with Gasteiger partial charge in [-0.1, -0.05) is 45.0 Å². The highest BCUT2D eigenvalue weighted by molar-refractivity contribution is 7.17. The molecule has 0 radical (unpaired) electrons. The van der Waals surface area contributed by atoms with Crippen molar-refractivity contribution in [2.24, 2.45) is 0 Å². The first-order chi connectivity index (χ1) is 9.45. The fraction of sp³-hybridized carbons (Fsp3) is 0.263. The zero-order valence-corrected chi connectivity index (χ0v) is 13.3. The van der Waals surface area contributed by atoms with Crippen molar-refractivity contribution in [1.29, 1.82) is 0 Å². The Hall–Kier alpha value is -1.60. The molecule has 1 heterocycles. The van der Waals surface area contributed by atoms with Crippen molar-refractivity contribution < 1.29 is 0 Å². The van der Waals surface area contributed by atoms with E-state index < -0.39 is 0 Å². The van der Waals surface area contributed by atoms with Gasteiger partial charge in [-0.05, 0) is 63.6 Å². The van der Waals surface area contributed by atoms with Gasteiger partial charge in [-0.2, -0.15) is 0 Å². The Morgan fingerprint density at radius 1 is 0.900 bits per heavy atom. The smallest absolute Gasteiger partial charge is 0.0349 e. The summed E-state index contributed by atoms with van der Waals surface area (Å²) in [4.78, 5) is 0. The van der Waals surface area contributed by atoms with Crippen LogP contribution in [0.4, 0.5) is 0 Å². The third-order valence-corrected chi connectivity index (χ3v) is 4.74. The van der Waals surface area contributed by atoms with Gasteiger partial charge in [0.05, 0.1) is 0 Å². The van der Waals surface area contributed by atoms with E-state index in [2.05, 4.69) is 75.5 Å². The lowest BCUT2D eigenvalue weighted by Gasteiger charge is -2.19. The predicted molar refractivity (Wildman–Crippen MR) is 90.7 cm³/mol. The summed E-state index contributed by atoms with van der Waals surface area (Å²) in [7, 11) is 0. The van der Waals surface area contributed by atoms with E-state index in [4.69, 9.17) is 0 Å². The molecule has 0 saturated carbocycles. The van der Waals surface area contributed by atoms with E-state index >= 15 is 0 Å². The average molecular weight is 280 g/mol. The van der Waals surface area contributed by atoms with Gasteiger partial charge in [0.1, 0.15) is 0 Å². The van der Waals surface area contributed by atoms with Crippen LogP contribution in [0.3, 0.4) is 0 Å². The molecular formula is C19H20S. The molecule has 1 heteroatoms. The molecule has 0 unspecified atom stereocenters. The molecule has 0 spiro atoms. The average Bonchev–Trinajstić information content (AvgIpc) is 2.84. The Kier molecular flexibility index (Phi) is 3.18. The van der Waals surface area contributed by atoms with E-state index in [1.807, 2.05) is 11.3 Å². The summed E-state index contributed by atoms with van der Waals surface area (Å²) in [5.41, 5.74) is 5.60. The molecule has 0 aliphatic carbocycles. The molecule has 2 aromatic carbocycles. The minimum Gasteiger partial charge on any atom is -0.144 e. The molecule has 0 fully saturated rings. The molecule has 0 saturated heterocycles. The monoisotopic (exact) mass is 280 g/mol. The van der Waals surface area contributed by atoms with Crippen LogP contribution in [0.1, 0.15) is 31.9 Å². The maximum absolute atomic E-state index is 2.32.